The number of fused-ring (bicyclic) bond motifs is 1. The average Bonchev–Trinajstić information content (AvgIpc) is 3.59. The molecule has 0 radical (unpaired) electrons. The molecule has 1 saturated heterocycles. The van der Waals surface area contributed by atoms with Crippen LogP contribution in [-0.2, 0) is 10.9 Å². The Bertz CT molecular complexity index is 1460. The molecule has 1 aliphatic carbocycles. The third-order valence-electron chi connectivity index (χ3n) is 7.08. The molecular formula is C26H26F3N7O. The second kappa shape index (κ2) is 8.83. The van der Waals surface area contributed by atoms with Crippen molar-refractivity contribution in [3.63, 3.8) is 0 Å². The standard InChI is InChI=1S/C26H26F3N7O/c1-13-8-17(9-20(37-13)18-11-31-36(12-18)19-5-6-19)24-34-22(16-4-7-21(30-10-16)26(27,28)29)23-25(35-24)33-15(3)14(2)32-23/h4,7,10-13,17,19-20H,5-6,8-9H2,1-3H3. The lowest BCUT2D eigenvalue weighted by molar-refractivity contribution is -0.141. The van der Waals surface area contributed by atoms with Crippen LogP contribution >= 0.6 is 0 Å². The van der Waals surface area contributed by atoms with Crippen molar-refractivity contribution < 1.29 is 17.9 Å². The fourth-order valence-electron chi connectivity index (χ4n) is 4.84. The summed E-state index contributed by atoms with van der Waals surface area (Å²) >= 11 is 0. The van der Waals surface area contributed by atoms with Gasteiger partial charge in [-0.1, -0.05) is 0 Å². The molecule has 0 N–H and O–H groups in total. The summed E-state index contributed by atoms with van der Waals surface area (Å²) < 4.78 is 47.6. The van der Waals surface area contributed by atoms with Gasteiger partial charge < -0.3 is 4.74 Å². The highest BCUT2D eigenvalue weighted by molar-refractivity contribution is 5.86. The van der Waals surface area contributed by atoms with Crippen LogP contribution in [0.4, 0.5) is 13.2 Å². The van der Waals surface area contributed by atoms with Crippen LogP contribution in [0.15, 0.2) is 30.7 Å². The van der Waals surface area contributed by atoms with Gasteiger partial charge in [0.05, 0.1) is 35.8 Å². The summed E-state index contributed by atoms with van der Waals surface area (Å²) in [6.45, 7) is 5.71. The van der Waals surface area contributed by atoms with Gasteiger partial charge in [0.2, 0.25) is 0 Å². The van der Waals surface area contributed by atoms with Gasteiger partial charge in [-0.25, -0.2) is 19.9 Å². The summed E-state index contributed by atoms with van der Waals surface area (Å²) in [5.41, 5.74) is 3.23. The number of alkyl halides is 3. The molecular weight excluding hydrogens is 483 g/mol. The summed E-state index contributed by atoms with van der Waals surface area (Å²) in [5, 5.41) is 4.51. The molecule has 4 aromatic heterocycles. The van der Waals surface area contributed by atoms with Gasteiger partial charge in [0, 0.05) is 29.4 Å². The molecule has 3 atom stereocenters. The molecule has 0 spiro atoms. The molecule has 3 unspecified atom stereocenters. The lowest BCUT2D eigenvalue weighted by Crippen LogP contribution is -2.26. The van der Waals surface area contributed by atoms with E-state index in [-0.39, 0.29) is 18.1 Å². The molecule has 8 nitrogen and oxygen atoms in total. The second-order valence-corrected chi connectivity index (χ2v) is 10.0. The number of pyridine rings is 1. The van der Waals surface area contributed by atoms with Gasteiger partial charge in [0.25, 0.3) is 0 Å². The van der Waals surface area contributed by atoms with Gasteiger partial charge in [-0.3, -0.25) is 9.67 Å². The molecule has 2 aliphatic rings. The second-order valence-electron chi connectivity index (χ2n) is 10.0. The van der Waals surface area contributed by atoms with E-state index in [0.717, 1.165) is 30.2 Å². The van der Waals surface area contributed by atoms with E-state index in [9.17, 15) is 13.2 Å². The Labute approximate surface area is 211 Å². The fraction of sp³-hybridized carbons (Fsp3) is 0.462. The number of aryl methyl sites for hydroxylation is 2. The number of rotatable bonds is 4. The quantitative estimate of drug-likeness (QED) is 0.350. The summed E-state index contributed by atoms with van der Waals surface area (Å²) in [4.78, 5) is 22.6. The van der Waals surface area contributed by atoms with Crippen LogP contribution < -0.4 is 0 Å². The first-order valence-electron chi connectivity index (χ1n) is 12.4. The third-order valence-corrected chi connectivity index (χ3v) is 7.08. The normalized spacial score (nSPS) is 22.5. The number of halogens is 3. The van der Waals surface area contributed by atoms with Crippen molar-refractivity contribution in [3.8, 4) is 11.3 Å². The Hall–Kier alpha value is -3.47. The molecule has 5 heterocycles. The number of hydrogen-bond acceptors (Lipinski definition) is 7. The maximum absolute atomic E-state index is 13.1. The van der Waals surface area contributed by atoms with Crippen molar-refractivity contribution in [3.05, 3.63) is 59.2 Å². The molecule has 192 valence electrons. The Balaban J connectivity index is 1.40. The first kappa shape index (κ1) is 23.9. The van der Waals surface area contributed by atoms with Gasteiger partial charge in [-0.2, -0.15) is 18.3 Å². The fourth-order valence-corrected chi connectivity index (χ4v) is 4.84. The van der Waals surface area contributed by atoms with Crippen LogP contribution in [0.5, 0.6) is 0 Å². The molecule has 1 aliphatic heterocycles. The van der Waals surface area contributed by atoms with E-state index in [1.807, 2.05) is 31.6 Å². The van der Waals surface area contributed by atoms with Crippen LogP contribution in [0.2, 0.25) is 0 Å². The summed E-state index contributed by atoms with van der Waals surface area (Å²) in [5.74, 6) is 0.543. The van der Waals surface area contributed by atoms with Crippen LogP contribution in [0, 0.1) is 13.8 Å². The molecule has 6 rings (SSSR count). The lowest BCUT2D eigenvalue weighted by atomic mass is 9.89. The van der Waals surface area contributed by atoms with E-state index >= 15 is 0 Å². The predicted octanol–water partition coefficient (Wildman–Crippen LogP) is 5.67. The minimum absolute atomic E-state index is 0.0330. The maximum Gasteiger partial charge on any atom is 0.433 e. The highest BCUT2D eigenvalue weighted by Gasteiger charge is 2.34. The Morgan fingerprint density at radius 3 is 2.46 bits per heavy atom. The monoisotopic (exact) mass is 509 g/mol. The van der Waals surface area contributed by atoms with Gasteiger partial charge in [-0.05, 0) is 58.6 Å². The van der Waals surface area contributed by atoms with Crippen molar-refractivity contribution in [1.29, 1.82) is 0 Å². The smallest absolute Gasteiger partial charge is 0.370 e. The molecule has 1 saturated carbocycles. The zero-order valence-electron chi connectivity index (χ0n) is 20.7. The Kier molecular flexibility index (Phi) is 5.70. The molecule has 4 aromatic rings. The Morgan fingerprint density at radius 2 is 1.76 bits per heavy atom. The van der Waals surface area contributed by atoms with Gasteiger partial charge in [-0.15, -0.1) is 0 Å². The topological polar surface area (TPSA) is 91.5 Å². The zero-order valence-corrected chi connectivity index (χ0v) is 20.7. The van der Waals surface area contributed by atoms with E-state index in [1.54, 1.807) is 0 Å². The first-order chi connectivity index (χ1) is 17.7. The zero-order chi connectivity index (χ0) is 25.9. The van der Waals surface area contributed by atoms with Crippen molar-refractivity contribution in [2.45, 2.75) is 76.8 Å². The largest absolute Gasteiger partial charge is 0.433 e. The van der Waals surface area contributed by atoms with Gasteiger partial charge >= 0.3 is 6.18 Å². The summed E-state index contributed by atoms with van der Waals surface area (Å²) in [6.07, 6.45) is 4.09. The highest BCUT2D eigenvalue weighted by atomic mass is 19.4. The number of nitrogens with zero attached hydrogens (tertiary/aromatic N) is 7. The van der Waals surface area contributed by atoms with Crippen molar-refractivity contribution in [2.75, 3.05) is 0 Å². The molecule has 37 heavy (non-hydrogen) atoms. The minimum Gasteiger partial charge on any atom is -0.370 e. The van der Waals surface area contributed by atoms with E-state index in [2.05, 4.69) is 26.2 Å². The van der Waals surface area contributed by atoms with Crippen LogP contribution in [-0.4, -0.2) is 40.8 Å². The number of ether oxygens (including phenoxy) is 1. The third kappa shape index (κ3) is 4.68. The Morgan fingerprint density at radius 1 is 0.973 bits per heavy atom. The summed E-state index contributed by atoms with van der Waals surface area (Å²) in [6, 6.07) is 2.82. The molecule has 11 heteroatoms. The molecule has 0 aromatic carbocycles. The maximum atomic E-state index is 13.1. The highest BCUT2D eigenvalue weighted by Crippen LogP contribution is 2.41. The number of aromatic nitrogens is 7. The van der Waals surface area contributed by atoms with Gasteiger partial charge in [0.15, 0.2) is 5.65 Å². The molecule has 0 amide bonds. The van der Waals surface area contributed by atoms with E-state index in [4.69, 9.17) is 14.7 Å². The van der Waals surface area contributed by atoms with Crippen LogP contribution in [0.25, 0.3) is 22.4 Å². The van der Waals surface area contributed by atoms with E-state index in [0.29, 0.717) is 52.8 Å². The first-order valence-corrected chi connectivity index (χ1v) is 12.4. The SMILES string of the molecule is Cc1nc2nc(C3CC(C)OC(c4cnn(C5CC5)c4)C3)nc(-c3ccc(C(F)(F)F)nc3)c2nc1C. The van der Waals surface area contributed by atoms with Crippen LogP contribution in [0.1, 0.15) is 79.1 Å². The lowest BCUT2D eigenvalue weighted by Gasteiger charge is -2.33. The van der Waals surface area contributed by atoms with Crippen LogP contribution in [0.3, 0.4) is 0 Å². The van der Waals surface area contributed by atoms with Crippen molar-refractivity contribution in [1.82, 2.24) is 34.7 Å². The molecule has 0 bridgehead atoms. The van der Waals surface area contributed by atoms with E-state index < -0.39 is 11.9 Å². The minimum atomic E-state index is -4.52. The average molecular weight is 510 g/mol. The number of hydrogen-bond donors (Lipinski definition) is 0. The molecule has 2 fully saturated rings. The van der Waals surface area contributed by atoms with E-state index in [1.165, 1.54) is 12.3 Å². The van der Waals surface area contributed by atoms with Gasteiger partial charge in [0.1, 0.15) is 22.7 Å². The predicted molar refractivity (Wildman–Crippen MR) is 129 cm³/mol. The summed E-state index contributed by atoms with van der Waals surface area (Å²) in [7, 11) is 0. The van der Waals surface area contributed by atoms with Crippen molar-refractivity contribution >= 4 is 11.2 Å². The van der Waals surface area contributed by atoms with Crippen molar-refractivity contribution in [2.24, 2.45) is 0 Å².